The molecule has 1 fully saturated rings. The van der Waals surface area contributed by atoms with Crippen molar-refractivity contribution in [2.24, 2.45) is 0 Å². The monoisotopic (exact) mass is 398 g/mol. The molecule has 1 spiro atoms. The fourth-order valence-electron chi connectivity index (χ4n) is 3.70. The summed E-state index contributed by atoms with van der Waals surface area (Å²) in [6.45, 7) is 1.41. The van der Waals surface area contributed by atoms with Crippen LogP contribution in [-0.2, 0) is 4.79 Å². The Morgan fingerprint density at radius 3 is 2.66 bits per heavy atom. The van der Waals surface area contributed by atoms with E-state index in [9.17, 15) is 14.9 Å². The summed E-state index contributed by atoms with van der Waals surface area (Å²) in [5.41, 5.74) is 1.12. The van der Waals surface area contributed by atoms with Crippen LogP contribution in [0, 0.1) is 17.0 Å². The summed E-state index contributed by atoms with van der Waals surface area (Å²) < 4.78 is 17.4. The molecule has 0 atom stereocenters. The molecule has 1 aliphatic carbocycles. The molecule has 0 aromatic heterocycles. The first-order chi connectivity index (χ1) is 13.9. The maximum Gasteiger partial charge on any atom is 0.311 e. The van der Waals surface area contributed by atoms with Gasteiger partial charge in [0.1, 0.15) is 0 Å². The zero-order valence-corrected chi connectivity index (χ0v) is 16.1. The van der Waals surface area contributed by atoms with E-state index in [0.29, 0.717) is 17.2 Å². The van der Waals surface area contributed by atoms with Crippen LogP contribution >= 0.6 is 0 Å². The molecular formula is C21H22N2O6. The first kappa shape index (κ1) is 19.0. The SMILES string of the molecule is Cc1ccc(OCC(=O)Nc2ccc3c(c2)OC2(CCCCC2)O3)c([N+](=O)[O-])c1. The van der Waals surface area contributed by atoms with Gasteiger partial charge in [0, 0.05) is 30.7 Å². The molecular weight excluding hydrogens is 376 g/mol. The highest BCUT2D eigenvalue weighted by atomic mass is 16.7. The van der Waals surface area contributed by atoms with Gasteiger partial charge in [0.15, 0.2) is 23.9 Å². The highest BCUT2D eigenvalue weighted by molar-refractivity contribution is 5.92. The average Bonchev–Trinajstić information content (AvgIpc) is 3.03. The average molecular weight is 398 g/mol. The van der Waals surface area contributed by atoms with Crippen LogP contribution in [0.1, 0.15) is 37.7 Å². The van der Waals surface area contributed by atoms with E-state index in [1.165, 1.54) is 18.6 Å². The van der Waals surface area contributed by atoms with Crippen LogP contribution in [0.4, 0.5) is 11.4 Å². The maximum atomic E-state index is 12.3. The van der Waals surface area contributed by atoms with Crippen LogP contribution in [0.25, 0.3) is 0 Å². The lowest BCUT2D eigenvalue weighted by atomic mass is 9.94. The maximum absolute atomic E-state index is 12.3. The van der Waals surface area contributed by atoms with Crippen molar-refractivity contribution in [1.29, 1.82) is 0 Å². The third-order valence-corrected chi connectivity index (χ3v) is 5.10. The number of carbonyl (C=O) groups excluding carboxylic acids is 1. The Balaban J connectivity index is 1.38. The minimum Gasteiger partial charge on any atom is -0.477 e. The number of carbonyl (C=O) groups is 1. The lowest BCUT2D eigenvalue weighted by molar-refractivity contribution is -0.385. The number of nitro groups is 1. The number of fused-ring (bicyclic) bond motifs is 1. The second-order valence-corrected chi connectivity index (χ2v) is 7.40. The molecule has 0 bridgehead atoms. The van der Waals surface area contributed by atoms with E-state index in [-0.39, 0.29) is 18.0 Å². The smallest absolute Gasteiger partial charge is 0.311 e. The van der Waals surface area contributed by atoms with E-state index in [4.69, 9.17) is 14.2 Å². The number of hydrogen-bond acceptors (Lipinski definition) is 6. The molecule has 1 aliphatic heterocycles. The van der Waals surface area contributed by atoms with Gasteiger partial charge in [-0.05, 0) is 43.5 Å². The fourth-order valence-corrected chi connectivity index (χ4v) is 3.70. The van der Waals surface area contributed by atoms with Crippen molar-refractivity contribution in [3.05, 3.63) is 52.1 Å². The van der Waals surface area contributed by atoms with Crippen molar-refractivity contribution >= 4 is 17.3 Å². The van der Waals surface area contributed by atoms with Gasteiger partial charge in [-0.3, -0.25) is 14.9 Å². The van der Waals surface area contributed by atoms with Gasteiger partial charge in [-0.15, -0.1) is 0 Å². The minimum atomic E-state index is -0.573. The normalized spacial score (nSPS) is 16.4. The van der Waals surface area contributed by atoms with Crippen molar-refractivity contribution in [3.8, 4) is 17.2 Å². The van der Waals surface area contributed by atoms with E-state index in [1.807, 2.05) is 0 Å². The van der Waals surface area contributed by atoms with Gasteiger partial charge in [0.05, 0.1) is 4.92 Å². The lowest BCUT2D eigenvalue weighted by Gasteiger charge is -2.31. The van der Waals surface area contributed by atoms with Gasteiger partial charge >= 0.3 is 5.69 Å². The summed E-state index contributed by atoms with van der Waals surface area (Å²) in [7, 11) is 0. The molecule has 2 aromatic rings. The number of nitrogens with zero attached hydrogens (tertiary/aromatic N) is 1. The molecule has 2 aromatic carbocycles. The molecule has 1 saturated carbocycles. The third-order valence-electron chi connectivity index (χ3n) is 5.10. The number of rotatable bonds is 5. The lowest BCUT2D eigenvalue weighted by Crippen LogP contribution is -2.40. The van der Waals surface area contributed by atoms with Gasteiger partial charge < -0.3 is 19.5 Å². The third kappa shape index (κ3) is 4.11. The standard InChI is InChI=1S/C21H22N2O6/c1-14-5-7-17(16(11-14)23(25)26)27-13-20(24)22-15-6-8-18-19(12-15)29-21(28-18)9-3-2-4-10-21/h5-8,11-12H,2-4,9-10,13H2,1H3,(H,22,24). The number of ether oxygens (including phenoxy) is 3. The molecule has 29 heavy (non-hydrogen) atoms. The zero-order chi connectivity index (χ0) is 20.4. The molecule has 0 saturated heterocycles. The molecule has 4 rings (SSSR count). The Hall–Kier alpha value is -3.29. The van der Waals surface area contributed by atoms with Gasteiger partial charge in [-0.25, -0.2) is 0 Å². The van der Waals surface area contributed by atoms with Crippen LogP contribution < -0.4 is 19.5 Å². The summed E-state index contributed by atoms with van der Waals surface area (Å²) in [5, 5.41) is 13.9. The molecule has 8 heteroatoms. The van der Waals surface area contributed by atoms with Crippen LogP contribution in [-0.4, -0.2) is 23.2 Å². The summed E-state index contributed by atoms with van der Waals surface area (Å²) in [5.74, 6) is 0.347. The highest BCUT2D eigenvalue weighted by Crippen LogP contribution is 2.46. The molecule has 2 aliphatic rings. The molecule has 1 amide bonds. The molecule has 1 heterocycles. The quantitative estimate of drug-likeness (QED) is 0.594. The number of benzene rings is 2. The minimum absolute atomic E-state index is 0.0562. The molecule has 0 radical (unpaired) electrons. The first-order valence-corrected chi connectivity index (χ1v) is 9.64. The number of nitro benzene ring substituents is 1. The predicted molar refractivity (Wildman–Crippen MR) is 105 cm³/mol. The second-order valence-electron chi connectivity index (χ2n) is 7.40. The zero-order valence-electron chi connectivity index (χ0n) is 16.1. The first-order valence-electron chi connectivity index (χ1n) is 9.64. The van der Waals surface area contributed by atoms with Gasteiger partial charge in [-0.1, -0.05) is 12.5 Å². The number of aryl methyl sites for hydroxylation is 1. The number of anilines is 1. The summed E-state index contributed by atoms with van der Waals surface area (Å²) >= 11 is 0. The van der Waals surface area contributed by atoms with Crippen molar-refractivity contribution in [1.82, 2.24) is 0 Å². The van der Waals surface area contributed by atoms with Crippen LogP contribution in [0.5, 0.6) is 17.2 Å². The van der Waals surface area contributed by atoms with Crippen molar-refractivity contribution in [3.63, 3.8) is 0 Å². The van der Waals surface area contributed by atoms with E-state index in [1.54, 1.807) is 31.2 Å². The second kappa shape index (κ2) is 7.62. The molecule has 152 valence electrons. The van der Waals surface area contributed by atoms with Gasteiger partial charge in [0.2, 0.25) is 0 Å². The fraction of sp³-hybridized carbons (Fsp3) is 0.381. The van der Waals surface area contributed by atoms with Crippen LogP contribution in [0.2, 0.25) is 0 Å². The topological polar surface area (TPSA) is 99.9 Å². The Labute approximate surface area is 167 Å². The Morgan fingerprint density at radius 1 is 1.14 bits per heavy atom. The Bertz CT molecular complexity index is 952. The van der Waals surface area contributed by atoms with E-state index >= 15 is 0 Å². The van der Waals surface area contributed by atoms with Crippen LogP contribution in [0.15, 0.2) is 36.4 Å². The Kier molecular flexibility index (Phi) is 5.00. The summed E-state index contributed by atoms with van der Waals surface area (Å²) in [6, 6.07) is 9.83. The van der Waals surface area contributed by atoms with E-state index < -0.39 is 16.6 Å². The molecule has 1 N–H and O–H groups in total. The summed E-state index contributed by atoms with van der Waals surface area (Å²) in [4.78, 5) is 22.9. The number of hydrogen-bond donors (Lipinski definition) is 1. The van der Waals surface area contributed by atoms with Crippen LogP contribution in [0.3, 0.4) is 0 Å². The van der Waals surface area contributed by atoms with Crippen molar-refractivity contribution in [2.75, 3.05) is 11.9 Å². The largest absolute Gasteiger partial charge is 0.477 e. The number of nitrogens with one attached hydrogen (secondary N) is 1. The predicted octanol–water partition coefficient (Wildman–Crippen LogP) is 4.35. The van der Waals surface area contributed by atoms with E-state index in [2.05, 4.69) is 5.32 Å². The summed E-state index contributed by atoms with van der Waals surface area (Å²) in [6.07, 6.45) is 5.03. The Morgan fingerprint density at radius 2 is 1.90 bits per heavy atom. The molecule has 0 unspecified atom stereocenters. The van der Waals surface area contributed by atoms with E-state index in [0.717, 1.165) is 31.2 Å². The van der Waals surface area contributed by atoms with Gasteiger partial charge in [-0.2, -0.15) is 0 Å². The van der Waals surface area contributed by atoms with Gasteiger partial charge in [0.25, 0.3) is 11.7 Å². The van der Waals surface area contributed by atoms with Crippen molar-refractivity contribution < 1.29 is 23.9 Å². The number of amides is 1. The highest BCUT2D eigenvalue weighted by Gasteiger charge is 2.42. The molecule has 8 nitrogen and oxygen atoms in total. The van der Waals surface area contributed by atoms with Crippen molar-refractivity contribution in [2.45, 2.75) is 44.8 Å².